The molecule has 0 spiro atoms. The van der Waals surface area contributed by atoms with Crippen molar-refractivity contribution in [3.05, 3.63) is 182 Å². The molecule has 0 fully saturated rings. The van der Waals surface area contributed by atoms with E-state index in [1.165, 1.54) is 98.0 Å². The van der Waals surface area contributed by atoms with Crippen LogP contribution in [0.5, 0.6) is 0 Å². The molecule has 0 amide bonds. The van der Waals surface area contributed by atoms with Crippen LogP contribution in [0.25, 0.3) is 98.0 Å². The van der Waals surface area contributed by atoms with Crippen molar-refractivity contribution in [3.8, 4) is 33.4 Å². The van der Waals surface area contributed by atoms with E-state index in [-0.39, 0.29) is 0 Å². The fraction of sp³-hybridized carbons (Fsp3) is 0. The highest BCUT2D eigenvalue weighted by molar-refractivity contribution is 6.29. The minimum absolute atomic E-state index is 1.22. The van der Waals surface area contributed by atoms with Gasteiger partial charge in [0.1, 0.15) is 0 Å². The topological polar surface area (TPSA) is 0 Å². The van der Waals surface area contributed by atoms with E-state index >= 15 is 0 Å². The molecule has 0 aromatic heterocycles. The van der Waals surface area contributed by atoms with E-state index in [0.29, 0.717) is 0 Å². The summed E-state index contributed by atoms with van der Waals surface area (Å²) in [4.78, 5) is 0. The Kier molecular flexibility index (Phi) is 5.98. The first kappa shape index (κ1) is 26.9. The zero-order valence-electron chi connectivity index (χ0n) is 26.3. The third kappa shape index (κ3) is 4.10. The number of fused-ring (bicyclic) bond motifs is 12. The molecule has 0 heteroatoms. The number of rotatable bonds is 3. The second-order valence-electron chi connectivity index (χ2n) is 12.8. The summed E-state index contributed by atoms with van der Waals surface area (Å²) in [5.41, 5.74) is 7.39. The molecule has 0 atom stereocenters. The first-order valence-corrected chi connectivity index (χ1v) is 16.7. The van der Waals surface area contributed by atoms with Crippen molar-refractivity contribution in [2.24, 2.45) is 0 Å². The fourth-order valence-corrected chi connectivity index (χ4v) is 7.99. The lowest BCUT2D eigenvalue weighted by Gasteiger charge is -2.17. The maximum atomic E-state index is 2.40. The SMILES string of the molecule is c1ccc(-c2cc(-c3ccc(-c4ccc5c6ccccc6c6ccccc6c5c4)cc3)cc3c4ccccc4c4ccccc4c23)cc1. The van der Waals surface area contributed by atoms with Crippen LogP contribution in [0.4, 0.5) is 0 Å². The van der Waals surface area contributed by atoms with Crippen LogP contribution in [0.1, 0.15) is 0 Å². The highest BCUT2D eigenvalue weighted by Gasteiger charge is 2.16. The molecular formula is C48H30. The predicted octanol–water partition coefficient (Wildman–Crippen LogP) is 13.6. The van der Waals surface area contributed by atoms with E-state index in [2.05, 4.69) is 182 Å². The molecule has 0 nitrogen and oxygen atoms in total. The van der Waals surface area contributed by atoms with Crippen LogP contribution in [-0.4, -0.2) is 0 Å². The molecule has 48 heavy (non-hydrogen) atoms. The second kappa shape index (κ2) is 10.7. The van der Waals surface area contributed by atoms with Gasteiger partial charge in [-0.1, -0.05) is 164 Å². The van der Waals surface area contributed by atoms with Gasteiger partial charge in [-0.05, 0) is 116 Å². The minimum atomic E-state index is 1.22. The zero-order chi connectivity index (χ0) is 31.6. The summed E-state index contributed by atoms with van der Waals surface area (Å²) in [6, 6.07) is 67.0. The van der Waals surface area contributed by atoms with Gasteiger partial charge >= 0.3 is 0 Å². The van der Waals surface area contributed by atoms with Gasteiger partial charge in [-0.3, -0.25) is 0 Å². The predicted molar refractivity (Wildman–Crippen MR) is 208 cm³/mol. The van der Waals surface area contributed by atoms with Gasteiger partial charge in [0, 0.05) is 0 Å². The number of benzene rings is 10. The van der Waals surface area contributed by atoms with Gasteiger partial charge in [-0.15, -0.1) is 0 Å². The Labute approximate surface area is 279 Å². The van der Waals surface area contributed by atoms with Crippen molar-refractivity contribution < 1.29 is 0 Å². The number of hydrogen-bond donors (Lipinski definition) is 0. The molecule has 0 aliphatic rings. The monoisotopic (exact) mass is 606 g/mol. The van der Waals surface area contributed by atoms with Gasteiger partial charge < -0.3 is 0 Å². The standard InChI is InChI=1S/C48H30/c1-2-12-33(13-3-1)45-29-35(30-47-42-20-9-7-17-39(42)40-18-10-11-21-44(40)48(45)47)32-24-22-31(23-25-32)34-26-27-43-38-16-5-4-14-36(38)37-15-6-8-19-41(37)46(43)28-34/h1-30H. The normalized spacial score (nSPS) is 11.8. The summed E-state index contributed by atoms with van der Waals surface area (Å²) in [5, 5.41) is 15.6. The van der Waals surface area contributed by atoms with Crippen LogP contribution in [-0.2, 0) is 0 Å². The Hall–Kier alpha value is -6.24. The fourth-order valence-electron chi connectivity index (χ4n) is 7.99. The average molecular weight is 607 g/mol. The molecule has 0 saturated heterocycles. The Morgan fingerprint density at radius 3 is 1.12 bits per heavy atom. The Balaban J connectivity index is 1.16. The third-order valence-corrected chi connectivity index (χ3v) is 10.2. The third-order valence-electron chi connectivity index (χ3n) is 10.2. The maximum absolute atomic E-state index is 2.40. The summed E-state index contributed by atoms with van der Waals surface area (Å²) in [5.74, 6) is 0. The molecule has 0 unspecified atom stereocenters. The molecular weight excluding hydrogens is 577 g/mol. The summed E-state index contributed by atoms with van der Waals surface area (Å²) in [6.45, 7) is 0. The van der Waals surface area contributed by atoms with Crippen molar-refractivity contribution in [2.75, 3.05) is 0 Å². The summed E-state index contributed by atoms with van der Waals surface area (Å²) < 4.78 is 0. The smallest absolute Gasteiger partial charge is 0.00199 e. The van der Waals surface area contributed by atoms with Crippen LogP contribution in [0.2, 0.25) is 0 Å². The van der Waals surface area contributed by atoms with E-state index in [9.17, 15) is 0 Å². The first-order valence-electron chi connectivity index (χ1n) is 16.7. The largest absolute Gasteiger partial charge is 0.0622 e. The average Bonchev–Trinajstić information content (AvgIpc) is 3.18. The lowest BCUT2D eigenvalue weighted by atomic mass is 9.86. The van der Waals surface area contributed by atoms with Crippen LogP contribution < -0.4 is 0 Å². The summed E-state index contributed by atoms with van der Waals surface area (Å²) in [7, 11) is 0. The molecule has 10 aromatic rings. The van der Waals surface area contributed by atoms with Gasteiger partial charge in [0.15, 0.2) is 0 Å². The van der Waals surface area contributed by atoms with E-state index in [1.54, 1.807) is 0 Å². The van der Waals surface area contributed by atoms with E-state index in [4.69, 9.17) is 0 Å². The Morgan fingerprint density at radius 1 is 0.188 bits per heavy atom. The highest BCUT2D eigenvalue weighted by atomic mass is 14.2. The van der Waals surface area contributed by atoms with Crippen molar-refractivity contribution in [3.63, 3.8) is 0 Å². The van der Waals surface area contributed by atoms with Gasteiger partial charge in [0.05, 0.1) is 0 Å². The van der Waals surface area contributed by atoms with Crippen molar-refractivity contribution in [2.45, 2.75) is 0 Å². The van der Waals surface area contributed by atoms with E-state index in [1.807, 2.05) is 0 Å². The lowest BCUT2D eigenvalue weighted by Crippen LogP contribution is -1.90. The molecule has 0 heterocycles. The van der Waals surface area contributed by atoms with Gasteiger partial charge in [-0.25, -0.2) is 0 Å². The Morgan fingerprint density at radius 2 is 0.562 bits per heavy atom. The van der Waals surface area contributed by atoms with E-state index < -0.39 is 0 Å². The van der Waals surface area contributed by atoms with Gasteiger partial charge in [-0.2, -0.15) is 0 Å². The molecule has 222 valence electrons. The van der Waals surface area contributed by atoms with Crippen molar-refractivity contribution in [1.82, 2.24) is 0 Å². The molecule has 10 aromatic carbocycles. The Bertz CT molecular complexity index is 2820. The maximum Gasteiger partial charge on any atom is -0.00199 e. The minimum Gasteiger partial charge on any atom is -0.0622 e. The summed E-state index contributed by atoms with van der Waals surface area (Å²) >= 11 is 0. The second-order valence-corrected chi connectivity index (χ2v) is 12.8. The summed E-state index contributed by atoms with van der Waals surface area (Å²) in [6.07, 6.45) is 0. The first-order chi connectivity index (χ1) is 23.8. The van der Waals surface area contributed by atoms with Crippen molar-refractivity contribution in [1.29, 1.82) is 0 Å². The van der Waals surface area contributed by atoms with Crippen LogP contribution in [0.15, 0.2) is 182 Å². The zero-order valence-corrected chi connectivity index (χ0v) is 26.3. The van der Waals surface area contributed by atoms with Gasteiger partial charge in [0.25, 0.3) is 0 Å². The molecule has 0 saturated carbocycles. The molecule has 0 N–H and O–H groups in total. The highest BCUT2D eigenvalue weighted by Crippen LogP contribution is 2.43. The quantitative estimate of drug-likeness (QED) is 0.176. The number of hydrogen-bond acceptors (Lipinski definition) is 0. The van der Waals surface area contributed by atoms with Gasteiger partial charge in [0.2, 0.25) is 0 Å². The molecule has 0 aliphatic heterocycles. The molecule has 0 aliphatic carbocycles. The molecule has 10 rings (SSSR count). The van der Waals surface area contributed by atoms with Crippen LogP contribution >= 0.6 is 0 Å². The van der Waals surface area contributed by atoms with Crippen LogP contribution in [0.3, 0.4) is 0 Å². The van der Waals surface area contributed by atoms with E-state index in [0.717, 1.165) is 0 Å². The van der Waals surface area contributed by atoms with Crippen molar-refractivity contribution >= 4 is 64.6 Å². The molecule has 0 radical (unpaired) electrons. The molecule has 0 bridgehead atoms. The lowest BCUT2D eigenvalue weighted by molar-refractivity contribution is 1.61. The van der Waals surface area contributed by atoms with Crippen LogP contribution in [0, 0.1) is 0 Å².